The minimum absolute atomic E-state index is 0.0631. The van der Waals surface area contributed by atoms with E-state index in [2.05, 4.69) is 0 Å². The maximum atomic E-state index is 12.2. The summed E-state index contributed by atoms with van der Waals surface area (Å²) in [6, 6.07) is 1.36. The van der Waals surface area contributed by atoms with Gasteiger partial charge in [0.15, 0.2) is 9.84 Å². The number of carboxylic acid groups (broad SMARTS) is 1. The molecule has 0 aliphatic rings. The lowest BCUT2D eigenvalue weighted by molar-refractivity contribution is -0.138. The average molecular weight is 335 g/mol. The molecule has 0 radical (unpaired) electrons. The minimum Gasteiger partial charge on any atom is -0.480 e. The first-order valence-electron chi connectivity index (χ1n) is 5.92. The summed E-state index contributed by atoms with van der Waals surface area (Å²) in [4.78, 5) is 10.4. The van der Waals surface area contributed by atoms with E-state index in [1.165, 1.54) is 26.0 Å². The Morgan fingerprint density at radius 1 is 1.14 bits per heavy atom. The molecule has 0 aliphatic carbocycles. The Balaban J connectivity index is 3.51. The molecular formula is C12H17NO6S2. The van der Waals surface area contributed by atoms with E-state index in [9.17, 15) is 21.6 Å². The normalized spacial score (nSPS) is 13.9. The van der Waals surface area contributed by atoms with Gasteiger partial charge in [0, 0.05) is 6.26 Å². The van der Waals surface area contributed by atoms with E-state index in [-0.39, 0.29) is 15.4 Å². The number of carbonyl (C=O) groups is 1. The molecule has 1 aromatic carbocycles. The third-order valence-corrected chi connectivity index (χ3v) is 5.74. The van der Waals surface area contributed by atoms with Crippen molar-refractivity contribution in [1.29, 1.82) is 0 Å². The molecule has 0 aromatic heterocycles. The number of hydrogen-bond acceptors (Lipinski definition) is 5. The molecule has 0 amide bonds. The highest BCUT2D eigenvalue weighted by atomic mass is 32.2. The molecule has 0 heterocycles. The molecule has 0 saturated heterocycles. The van der Waals surface area contributed by atoms with Gasteiger partial charge in [0.2, 0.25) is 10.0 Å². The van der Waals surface area contributed by atoms with E-state index in [0.29, 0.717) is 5.56 Å². The Kier molecular flexibility index (Phi) is 4.81. The van der Waals surface area contributed by atoms with Crippen LogP contribution in [0.4, 0.5) is 0 Å². The predicted molar refractivity (Wildman–Crippen MR) is 76.4 cm³/mol. The highest BCUT2D eigenvalue weighted by molar-refractivity contribution is 7.91. The maximum absolute atomic E-state index is 12.2. The zero-order valence-electron chi connectivity index (χ0n) is 12.0. The smallest absolute Gasteiger partial charge is 0.321 e. The van der Waals surface area contributed by atoms with Crippen molar-refractivity contribution in [3.05, 3.63) is 23.3 Å². The van der Waals surface area contributed by atoms with E-state index in [1.807, 2.05) is 4.72 Å². The first kappa shape index (κ1) is 17.6. The standard InChI is InChI=1S/C12H17NO6S2/c1-7-5-10(20(4,16)17)8(2)11(6-7)21(18,19)13-9(3)12(14)15/h5-6,9,13H,1-4H3,(H,14,15)/t9-/m0/s1. The lowest BCUT2D eigenvalue weighted by Crippen LogP contribution is -2.38. The van der Waals surface area contributed by atoms with E-state index in [0.717, 1.165) is 6.26 Å². The third kappa shape index (κ3) is 4.02. The van der Waals surface area contributed by atoms with Crippen LogP contribution in [0.25, 0.3) is 0 Å². The van der Waals surface area contributed by atoms with Crippen LogP contribution in [-0.2, 0) is 24.7 Å². The van der Waals surface area contributed by atoms with Crippen LogP contribution >= 0.6 is 0 Å². The molecule has 0 unspecified atom stereocenters. The summed E-state index contributed by atoms with van der Waals surface area (Å²) in [5, 5.41) is 8.78. The second-order valence-corrected chi connectivity index (χ2v) is 8.51. The van der Waals surface area contributed by atoms with Crippen molar-refractivity contribution in [2.45, 2.75) is 36.6 Å². The average Bonchev–Trinajstić information content (AvgIpc) is 2.29. The molecule has 0 aliphatic heterocycles. The summed E-state index contributed by atoms with van der Waals surface area (Å²) in [6.07, 6.45) is 0.985. The molecule has 9 heteroatoms. The van der Waals surface area contributed by atoms with Gasteiger partial charge in [-0.25, -0.2) is 16.8 Å². The Labute approximate surface area is 124 Å². The number of rotatable bonds is 5. The molecule has 1 aromatic rings. The Hall–Kier alpha value is -1.45. The van der Waals surface area contributed by atoms with Crippen LogP contribution in [0.15, 0.2) is 21.9 Å². The summed E-state index contributed by atoms with van der Waals surface area (Å²) in [7, 11) is -7.73. The van der Waals surface area contributed by atoms with Crippen LogP contribution in [0.3, 0.4) is 0 Å². The van der Waals surface area contributed by atoms with Gasteiger partial charge >= 0.3 is 5.97 Å². The highest BCUT2D eigenvalue weighted by Crippen LogP contribution is 2.25. The summed E-state index contributed by atoms with van der Waals surface area (Å²) in [6.45, 7) is 4.12. The van der Waals surface area contributed by atoms with Gasteiger partial charge in [-0.1, -0.05) is 0 Å². The van der Waals surface area contributed by atoms with Gasteiger partial charge in [0.05, 0.1) is 9.79 Å². The van der Waals surface area contributed by atoms with Gasteiger partial charge in [0.25, 0.3) is 0 Å². The second kappa shape index (κ2) is 5.74. The number of sulfone groups is 1. The zero-order chi connectivity index (χ0) is 16.6. The first-order valence-corrected chi connectivity index (χ1v) is 9.30. The topological polar surface area (TPSA) is 118 Å². The van der Waals surface area contributed by atoms with Crippen molar-refractivity contribution >= 4 is 25.8 Å². The van der Waals surface area contributed by atoms with Crippen LogP contribution in [-0.4, -0.2) is 40.2 Å². The van der Waals surface area contributed by atoms with Gasteiger partial charge in [-0.2, -0.15) is 4.72 Å². The number of aliphatic carboxylic acids is 1. The molecule has 7 nitrogen and oxygen atoms in total. The van der Waals surface area contributed by atoms with Crippen LogP contribution in [0.1, 0.15) is 18.1 Å². The third-order valence-electron chi connectivity index (χ3n) is 2.85. The minimum atomic E-state index is -4.14. The summed E-state index contributed by atoms with van der Waals surface area (Å²) < 4.78 is 49.9. The molecule has 0 spiro atoms. The molecule has 2 N–H and O–H groups in total. The van der Waals surface area contributed by atoms with Crippen molar-refractivity contribution < 1.29 is 26.7 Å². The van der Waals surface area contributed by atoms with Crippen LogP contribution in [0.5, 0.6) is 0 Å². The number of sulfonamides is 1. The van der Waals surface area contributed by atoms with Gasteiger partial charge in [-0.05, 0) is 44.0 Å². The van der Waals surface area contributed by atoms with Crippen molar-refractivity contribution in [2.24, 2.45) is 0 Å². The Morgan fingerprint density at radius 3 is 2.05 bits per heavy atom. The van der Waals surface area contributed by atoms with Crippen LogP contribution in [0, 0.1) is 13.8 Å². The molecule has 118 valence electrons. The number of aryl methyl sites for hydroxylation is 1. The monoisotopic (exact) mass is 335 g/mol. The molecule has 1 rings (SSSR count). The summed E-state index contributed by atoms with van der Waals surface area (Å²) in [5.41, 5.74) is 0.512. The number of hydrogen-bond donors (Lipinski definition) is 2. The fourth-order valence-corrected chi connectivity index (χ4v) is 4.48. The van der Waals surface area contributed by atoms with Gasteiger partial charge in [0.1, 0.15) is 6.04 Å². The van der Waals surface area contributed by atoms with Gasteiger partial charge in [-0.3, -0.25) is 4.79 Å². The maximum Gasteiger partial charge on any atom is 0.321 e. The lowest BCUT2D eigenvalue weighted by Gasteiger charge is -2.15. The molecular weight excluding hydrogens is 318 g/mol. The van der Waals surface area contributed by atoms with E-state index in [4.69, 9.17) is 5.11 Å². The molecule has 0 saturated carbocycles. The fraction of sp³-hybridized carbons (Fsp3) is 0.417. The van der Waals surface area contributed by atoms with Crippen molar-refractivity contribution in [1.82, 2.24) is 4.72 Å². The van der Waals surface area contributed by atoms with E-state index >= 15 is 0 Å². The van der Waals surface area contributed by atoms with Crippen molar-refractivity contribution in [2.75, 3.05) is 6.26 Å². The first-order chi connectivity index (χ1) is 9.36. The molecule has 0 bridgehead atoms. The van der Waals surface area contributed by atoms with E-state index in [1.54, 1.807) is 6.92 Å². The number of carboxylic acids is 1. The predicted octanol–water partition coefficient (Wildman–Crippen LogP) is 0.458. The SMILES string of the molecule is Cc1cc(S(C)(=O)=O)c(C)c(S(=O)(=O)N[C@@H](C)C(=O)O)c1. The van der Waals surface area contributed by atoms with E-state index < -0.39 is 31.9 Å². The van der Waals surface area contributed by atoms with Gasteiger partial charge in [-0.15, -0.1) is 0 Å². The second-order valence-electron chi connectivity index (χ2n) is 4.84. The molecule has 0 fully saturated rings. The highest BCUT2D eigenvalue weighted by Gasteiger charge is 2.26. The molecule has 1 atom stereocenters. The Morgan fingerprint density at radius 2 is 1.62 bits per heavy atom. The fourth-order valence-electron chi connectivity index (χ4n) is 1.80. The largest absolute Gasteiger partial charge is 0.480 e. The van der Waals surface area contributed by atoms with Crippen molar-refractivity contribution in [3.63, 3.8) is 0 Å². The summed E-state index contributed by atoms with van der Waals surface area (Å²) in [5.74, 6) is -1.33. The lowest BCUT2D eigenvalue weighted by atomic mass is 10.2. The quantitative estimate of drug-likeness (QED) is 0.807. The number of benzene rings is 1. The van der Waals surface area contributed by atoms with Crippen molar-refractivity contribution in [3.8, 4) is 0 Å². The number of nitrogens with one attached hydrogen (secondary N) is 1. The molecule has 21 heavy (non-hydrogen) atoms. The zero-order valence-corrected chi connectivity index (χ0v) is 13.7. The Bertz CT molecular complexity index is 780. The summed E-state index contributed by atoms with van der Waals surface area (Å²) >= 11 is 0. The van der Waals surface area contributed by atoms with Crippen LogP contribution < -0.4 is 4.72 Å². The van der Waals surface area contributed by atoms with Gasteiger partial charge < -0.3 is 5.11 Å². The van der Waals surface area contributed by atoms with Crippen LogP contribution in [0.2, 0.25) is 0 Å².